The largest absolute Gasteiger partial charge is 0.494 e. The maximum absolute atomic E-state index is 14.0. The van der Waals surface area contributed by atoms with E-state index in [0.29, 0.717) is 12.4 Å². The Labute approximate surface area is 141 Å². The minimum Gasteiger partial charge on any atom is -0.494 e. The minimum atomic E-state index is -0.547. The molecule has 0 aliphatic rings. The fourth-order valence-electron chi connectivity index (χ4n) is 2.36. The highest BCUT2D eigenvalue weighted by molar-refractivity contribution is 5.89. The molecule has 0 spiro atoms. The lowest BCUT2D eigenvalue weighted by Gasteiger charge is -2.22. The van der Waals surface area contributed by atoms with E-state index in [-0.39, 0.29) is 17.6 Å². The zero-order valence-electron chi connectivity index (χ0n) is 14.3. The highest BCUT2D eigenvalue weighted by Crippen LogP contribution is 2.22. The Hall–Kier alpha value is -2.57. The van der Waals surface area contributed by atoms with Crippen molar-refractivity contribution >= 4 is 11.7 Å². The first-order valence-corrected chi connectivity index (χ1v) is 7.89. The number of aryl methyl sites for hydroxylation is 1. The summed E-state index contributed by atoms with van der Waals surface area (Å²) in [5, 5.41) is 5.37. The Morgan fingerprint density at radius 2 is 2.17 bits per heavy atom. The van der Waals surface area contributed by atoms with Gasteiger partial charge < -0.3 is 19.9 Å². The number of urea groups is 1. The van der Waals surface area contributed by atoms with Crippen LogP contribution in [0.4, 0.5) is 14.9 Å². The highest BCUT2D eigenvalue weighted by Gasteiger charge is 2.22. The average Bonchev–Trinajstić information content (AvgIpc) is 2.93. The van der Waals surface area contributed by atoms with Crippen LogP contribution < -0.4 is 15.4 Å². The van der Waals surface area contributed by atoms with E-state index in [1.807, 2.05) is 38.6 Å². The number of nitrogens with zero attached hydrogens (tertiary/aromatic N) is 2. The Balaban J connectivity index is 2.07. The third kappa shape index (κ3) is 4.24. The molecular weight excluding hydrogens is 311 g/mol. The van der Waals surface area contributed by atoms with Crippen LogP contribution in [-0.4, -0.2) is 22.2 Å². The van der Waals surface area contributed by atoms with Crippen LogP contribution in [0.2, 0.25) is 0 Å². The van der Waals surface area contributed by atoms with Gasteiger partial charge in [0.15, 0.2) is 0 Å². The molecule has 1 atom stereocenters. The Kier molecular flexibility index (Phi) is 5.78. The van der Waals surface area contributed by atoms with Crippen molar-refractivity contribution in [2.24, 2.45) is 13.0 Å². The van der Waals surface area contributed by atoms with Crippen molar-refractivity contribution in [3.8, 4) is 5.75 Å². The number of anilines is 1. The van der Waals surface area contributed by atoms with Crippen LogP contribution in [0.3, 0.4) is 0 Å². The van der Waals surface area contributed by atoms with E-state index in [9.17, 15) is 9.18 Å². The van der Waals surface area contributed by atoms with E-state index >= 15 is 0 Å². The standard InChI is InChI=1S/C17H23FN4O2/c1-5-24-12-6-7-14(13(18)10-12)20-17(23)21-15(11(2)3)16-19-8-9-22(16)4/h6-11,15H,5H2,1-4H3,(H2,20,21,23)/t15-/m1/s1. The molecule has 2 N–H and O–H groups in total. The summed E-state index contributed by atoms with van der Waals surface area (Å²) < 4.78 is 21.1. The van der Waals surface area contributed by atoms with E-state index in [4.69, 9.17) is 4.74 Å². The molecule has 2 aromatic rings. The average molecular weight is 334 g/mol. The first-order chi connectivity index (χ1) is 11.4. The molecule has 0 unspecified atom stereocenters. The lowest BCUT2D eigenvalue weighted by Crippen LogP contribution is -2.36. The number of aromatic nitrogens is 2. The van der Waals surface area contributed by atoms with Crippen molar-refractivity contribution in [3.63, 3.8) is 0 Å². The first-order valence-electron chi connectivity index (χ1n) is 7.89. The number of amides is 2. The second kappa shape index (κ2) is 7.81. The van der Waals surface area contributed by atoms with E-state index in [1.54, 1.807) is 12.3 Å². The summed E-state index contributed by atoms with van der Waals surface area (Å²) in [4.78, 5) is 16.5. The summed E-state index contributed by atoms with van der Waals surface area (Å²) in [5.41, 5.74) is 0.0956. The van der Waals surface area contributed by atoms with Gasteiger partial charge in [-0.05, 0) is 25.0 Å². The van der Waals surface area contributed by atoms with Gasteiger partial charge in [0, 0.05) is 25.5 Å². The normalized spacial score (nSPS) is 12.1. The topological polar surface area (TPSA) is 68.2 Å². The quantitative estimate of drug-likeness (QED) is 0.850. The number of hydrogen-bond acceptors (Lipinski definition) is 3. The van der Waals surface area contributed by atoms with Crippen molar-refractivity contribution in [1.29, 1.82) is 0 Å². The summed E-state index contributed by atoms with van der Waals surface area (Å²) in [6.07, 6.45) is 3.49. The van der Waals surface area contributed by atoms with Crippen molar-refractivity contribution < 1.29 is 13.9 Å². The Bertz CT molecular complexity index is 700. The fourth-order valence-corrected chi connectivity index (χ4v) is 2.36. The SMILES string of the molecule is CCOc1ccc(NC(=O)N[C@@H](c2nccn2C)C(C)C)c(F)c1. The molecule has 1 aromatic carbocycles. The molecule has 2 amide bonds. The summed E-state index contributed by atoms with van der Waals surface area (Å²) in [6, 6.07) is 3.57. The number of nitrogens with one attached hydrogen (secondary N) is 2. The molecule has 0 fully saturated rings. The van der Waals surface area contributed by atoms with Gasteiger partial charge >= 0.3 is 6.03 Å². The van der Waals surface area contributed by atoms with Gasteiger partial charge in [-0.3, -0.25) is 0 Å². The molecule has 0 saturated heterocycles. The second-order valence-corrected chi connectivity index (χ2v) is 5.79. The number of imidazole rings is 1. The van der Waals surface area contributed by atoms with Crippen molar-refractivity contribution in [2.75, 3.05) is 11.9 Å². The summed E-state index contributed by atoms with van der Waals surface area (Å²) in [6.45, 7) is 6.24. The van der Waals surface area contributed by atoms with Gasteiger partial charge in [0.1, 0.15) is 17.4 Å². The number of carbonyl (C=O) groups is 1. The zero-order chi connectivity index (χ0) is 17.7. The fraction of sp³-hybridized carbons (Fsp3) is 0.412. The predicted molar refractivity (Wildman–Crippen MR) is 90.5 cm³/mol. The Morgan fingerprint density at radius 3 is 2.71 bits per heavy atom. The molecule has 0 aliphatic heterocycles. The summed E-state index contributed by atoms with van der Waals surface area (Å²) in [5.74, 6) is 0.748. The maximum Gasteiger partial charge on any atom is 0.319 e. The number of benzene rings is 1. The minimum absolute atomic E-state index is 0.0956. The van der Waals surface area contributed by atoms with Gasteiger partial charge in [0.2, 0.25) is 0 Å². The highest BCUT2D eigenvalue weighted by atomic mass is 19.1. The zero-order valence-corrected chi connectivity index (χ0v) is 14.3. The molecule has 0 bridgehead atoms. The van der Waals surface area contributed by atoms with E-state index in [1.165, 1.54) is 12.1 Å². The number of hydrogen-bond donors (Lipinski definition) is 2. The van der Waals surface area contributed by atoms with Crippen molar-refractivity contribution in [3.05, 3.63) is 42.2 Å². The van der Waals surface area contributed by atoms with Gasteiger partial charge in [0.25, 0.3) is 0 Å². The van der Waals surface area contributed by atoms with E-state index < -0.39 is 11.8 Å². The van der Waals surface area contributed by atoms with Crippen LogP contribution in [0.5, 0.6) is 5.75 Å². The van der Waals surface area contributed by atoms with E-state index in [2.05, 4.69) is 15.6 Å². The van der Waals surface area contributed by atoms with Crippen LogP contribution in [0, 0.1) is 11.7 Å². The molecule has 0 aliphatic carbocycles. The molecule has 2 rings (SSSR count). The number of ether oxygens (including phenoxy) is 1. The predicted octanol–water partition coefficient (Wildman–Crippen LogP) is 3.48. The monoisotopic (exact) mass is 334 g/mol. The lowest BCUT2D eigenvalue weighted by atomic mass is 10.0. The van der Waals surface area contributed by atoms with Crippen LogP contribution in [0.15, 0.2) is 30.6 Å². The van der Waals surface area contributed by atoms with Gasteiger partial charge in [-0.15, -0.1) is 0 Å². The lowest BCUT2D eigenvalue weighted by molar-refractivity contribution is 0.243. The molecule has 0 radical (unpaired) electrons. The number of halogens is 1. The maximum atomic E-state index is 14.0. The number of carbonyl (C=O) groups excluding carboxylic acids is 1. The van der Waals surface area contributed by atoms with Gasteiger partial charge in [-0.1, -0.05) is 13.8 Å². The molecule has 1 heterocycles. The molecule has 130 valence electrons. The van der Waals surface area contributed by atoms with Crippen LogP contribution in [-0.2, 0) is 7.05 Å². The third-order valence-electron chi connectivity index (χ3n) is 3.59. The second-order valence-electron chi connectivity index (χ2n) is 5.79. The van der Waals surface area contributed by atoms with Crippen LogP contribution >= 0.6 is 0 Å². The molecule has 0 saturated carbocycles. The van der Waals surface area contributed by atoms with Gasteiger partial charge in [-0.2, -0.15) is 0 Å². The summed E-state index contributed by atoms with van der Waals surface area (Å²) >= 11 is 0. The smallest absolute Gasteiger partial charge is 0.319 e. The molecular formula is C17H23FN4O2. The van der Waals surface area contributed by atoms with Crippen molar-refractivity contribution in [1.82, 2.24) is 14.9 Å². The van der Waals surface area contributed by atoms with Crippen molar-refractivity contribution in [2.45, 2.75) is 26.8 Å². The van der Waals surface area contributed by atoms with Gasteiger partial charge in [0.05, 0.1) is 18.3 Å². The molecule has 6 nitrogen and oxygen atoms in total. The Morgan fingerprint density at radius 1 is 1.42 bits per heavy atom. The molecule has 1 aromatic heterocycles. The van der Waals surface area contributed by atoms with Gasteiger partial charge in [-0.25, -0.2) is 14.2 Å². The third-order valence-corrected chi connectivity index (χ3v) is 3.59. The first kappa shape index (κ1) is 17.8. The summed E-state index contributed by atoms with van der Waals surface area (Å²) in [7, 11) is 1.86. The van der Waals surface area contributed by atoms with Crippen LogP contribution in [0.25, 0.3) is 0 Å². The molecule has 7 heteroatoms. The molecule has 24 heavy (non-hydrogen) atoms. The van der Waals surface area contributed by atoms with Crippen LogP contribution in [0.1, 0.15) is 32.6 Å². The number of rotatable bonds is 6. The van der Waals surface area contributed by atoms with E-state index in [0.717, 1.165) is 5.82 Å².